The molecule has 0 fully saturated rings. The molecule has 0 unspecified atom stereocenters. The van der Waals surface area contributed by atoms with Gasteiger partial charge in [-0.2, -0.15) is 0 Å². The summed E-state index contributed by atoms with van der Waals surface area (Å²) in [4.78, 5) is 5.43. The van der Waals surface area contributed by atoms with E-state index in [0.717, 1.165) is 22.8 Å². The Balaban J connectivity index is 1.08. The second-order valence-electron chi connectivity index (χ2n) is 15.2. The molecule has 254 valence electrons. The number of hydrogen-bond acceptors (Lipinski definition) is 2. The van der Waals surface area contributed by atoms with E-state index in [4.69, 9.17) is 4.98 Å². The molecule has 0 aliphatic heterocycles. The highest BCUT2D eigenvalue weighted by atomic mass is 32.1. The lowest BCUT2D eigenvalue weighted by Crippen LogP contribution is -2.14. The predicted molar refractivity (Wildman–Crippen MR) is 229 cm³/mol. The molecule has 0 radical (unpaired) electrons. The normalized spacial score (nSPS) is 13.5. The Kier molecular flexibility index (Phi) is 6.00. The van der Waals surface area contributed by atoms with Gasteiger partial charge in [0, 0.05) is 58.4 Å². The maximum atomic E-state index is 5.43. The highest BCUT2D eigenvalue weighted by molar-refractivity contribution is 7.26. The van der Waals surface area contributed by atoms with Crippen molar-refractivity contribution in [2.45, 2.75) is 19.3 Å². The summed E-state index contributed by atoms with van der Waals surface area (Å²) in [5.74, 6) is 0.919. The Morgan fingerprint density at radius 2 is 1.22 bits per heavy atom. The summed E-state index contributed by atoms with van der Waals surface area (Å²) in [5.41, 5.74) is 13.4. The van der Waals surface area contributed by atoms with E-state index in [1.165, 1.54) is 86.0 Å². The van der Waals surface area contributed by atoms with Gasteiger partial charge in [-0.25, -0.2) is 4.98 Å². The molecule has 54 heavy (non-hydrogen) atoms. The standard InChI is InChI=1S/C50H33N3S/c1-50(2)39-18-9-6-15-32(39)36-28-38-37-27-30(23-25-43(37)52(45(38)29-40(36)50)31-13-4-3-5-14-31)41-19-12-22-47(51-41)53-42-20-10-7-17-35(42)48-44(53)26-24-34-33-16-8-11-21-46(33)54-49(34)48/h3-29H,1-2H3. The molecule has 7 aromatic carbocycles. The summed E-state index contributed by atoms with van der Waals surface area (Å²) in [5, 5.41) is 7.67. The van der Waals surface area contributed by atoms with Crippen LogP contribution in [0, 0.1) is 0 Å². The average Bonchev–Trinajstić information content (AvgIpc) is 3.92. The fraction of sp³-hybridized carbons (Fsp3) is 0.0600. The lowest BCUT2D eigenvalue weighted by molar-refractivity contribution is 0.661. The Morgan fingerprint density at radius 3 is 2.13 bits per heavy atom. The minimum Gasteiger partial charge on any atom is -0.309 e. The van der Waals surface area contributed by atoms with Gasteiger partial charge in [0.1, 0.15) is 5.82 Å². The maximum Gasteiger partial charge on any atom is 0.138 e. The van der Waals surface area contributed by atoms with Gasteiger partial charge in [0.15, 0.2) is 0 Å². The molecule has 0 bridgehead atoms. The van der Waals surface area contributed by atoms with Crippen molar-refractivity contribution in [1.29, 1.82) is 0 Å². The quantitative estimate of drug-likeness (QED) is 0.179. The van der Waals surface area contributed by atoms with Gasteiger partial charge in [-0.05, 0) is 89.0 Å². The van der Waals surface area contributed by atoms with Crippen LogP contribution in [0.3, 0.4) is 0 Å². The van der Waals surface area contributed by atoms with Gasteiger partial charge < -0.3 is 4.57 Å². The summed E-state index contributed by atoms with van der Waals surface area (Å²) >= 11 is 1.88. The molecule has 0 spiro atoms. The fourth-order valence-corrected chi connectivity index (χ4v) is 10.7. The van der Waals surface area contributed by atoms with Gasteiger partial charge in [-0.1, -0.05) is 111 Å². The second-order valence-corrected chi connectivity index (χ2v) is 16.2. The molecule has 0 saturated carbocycles. The first-order valence-electron chi connectivity index (χ1n) is 18.6. The molecule has 4 aromatic heterocycles. The lowest BCUT2D eigenvalue weighted by atomic mass is 9.82. The molecule has 12 rings (SSSR count). The third kappa shape index (κ3) is 3.98. The number of aromatic nitrogens is 3. The molecule has 4 heterocycles. The number of nitrogens with zero attached hydrogens (tertiary/aromatic N) is 3. The second kappa shape index (κ2) is 10.8. The van der Waals surface area contributed by atoms with Gasteiger partial charge in [-0.15, -0.1) is 11.3 Å². The first-order valence-corrected chi connectivity index (χ1v) is 19.5. The van der Waals surface area contributed by atoms with E-state index in [1.807, 2.05) is 11.3 Å². The molecule has 0 N–H and O–H groups in total. The van der Waals surface area contributed by atoms with Crippen LogP contribution < -0.4 is 0 Å². The lowest BCUT2D eigenvalue weighted by Gasteiger charge is -2.21. The van der Waals surface area contributed by atoms with Crippen LogP contribution in [0.25, 0.3) is 97.7 Å². The van der Waals surface area contributed by atoms with Gasteiger partial charge in [0.2, 0.25) is 0 Å². The van der Waals surface area contributed by atoms with E-state index in [2.05, 4.69) is 187 Å². The predicted octanol–water partition coefficient (Wildman–Crippen LogP) is 13.6. The van der Waals surface area contributed by atoms with E-state index in [0.29, 0.717) is 0 Å². The van der Waals surface area contributed by atoms with Crippen molar-refractivity contribution in [1.82, 2.24) is 14.1 Å². The molecule has 0 atom stereocenters. The van der Waals surface area contributed by atoms with Crippen molar-refractivity contribution >= 4 is 75.1 Å². The Hall–Kier alpha value is -6.49. The number of hydrogen-bond donors (Lipinski definition) is 0. The molecular formula is C50H33N3S. The van der Waals surface area contributed by atoms with Crippen LogP contribution in [-0.4, -0.2) is 14.1 Å². The third-order valence-corrected chi connectivity index (χ3v) is 13.1. The zero-order valence-electron chi connectivity index (χ0n) is 29.8. The van der Waals surface area contributed by atoms with Gasteiger partial charge in [0.05, 0.1) is 27.8 Å². The minimum absolute atomic E-state index is 0.0802. The molecule has 11 aromatic rings. The molecular weight excluding hydrogens is 675 g/mol. The van der Waals surface area contributed by atoms with Crippen LogP contribution in [0.4, 0.5) is 0 Å². The van der Waals surface area contributed by atoms with E-state index in [-0.39, 0.29) is 5.41 Å². The Morgan fingerprint density at radius 1 is 0.481 bits per heavy atom. The van der Waals surface area contributed by atoms with Gasteiger partial charge in [0.25, 0.3) is 0 Å². The Bertz CT molecular complexity index is 3360. The summed E-state index contributed by atoms with van der Waals surface area (Å²) in [6.07, 6.45) is 0. The number of thiophene rings is 1. The SMILES string of the molecule is CC1(C)c2ccccc2-c2cc3c4cc(-c5cccc(-n6c7ccccc7c7c8sc9ccccc9c8ccc76)n5)ccc4n(-c4ccccc4)c3cc21. The largest absolute Gasteiger partial charge is 0.309 e. The molecule has 1 aliphatic rings. The molecule has 1 aliphatic carbocycles. The van der Waals surface area contributed by atoms with Crippen molar-refractivity contribution in [3.8, 4) is 33.9 Å². The first-order chi connectivity index (χ1) is 26.5. The van der Waals surface area contributed by atoms with Crippen LogP contribution in [0.1, 0.15) is 25.0 Å². The average molecular weight is 708 g/mol. The van der Waals surface area contributed by atoms with Crippen LogP contribution in [0.5, 0.6) is 0 Å². The Labute approximate surface area is 316 Å². The highest BCUT2D eigenvalue weighted by Crippen LogP contribution is 2.51. The van der Waals surface area contributed by atoms with E-state index < -0.39 is 0 Å². The van der Waals surface area contributed by atoms with E-state index >= 15 is 0 Å². The number of benzene rings is 7. The van der Waals surface area contributed by atoms with Crippen molar-refractivity contribution < 1.29 is 0 Å². The first kappa shape index (κ1) is 30.0. The summed E-state index contributed by atoms with van der Waals surface area (Å²) in [7, 11) is 0. The maximum absolute atomic E-state index is 5.43. The smallest absolute Gasteiger partial charge is 0.138 e. The number of para-hydroxylation sites is 2. The van der Waals surface area contributed by atoms with Crippen molar-refractivity contribution in [3.63, 3.8) is 0 Å². The zero-order valence-corrected chi connectivity index (χ0v) is 30.7. The molecule has 0 saturated heterocycles. The van der Waals surface area contributed by atoms with E-state index in [9.17, 15) is 0 Å². The molecule has 0 amide bonds. The van der Waals surface area contributed by atoms with Crippen LogP contribution >= 0.6 is 11.3 Å². The van der Waals surface area contributed by atoms with Crippen molar-refractivity contribution in [2.24, 2.45) is 0 Å². The molecule has 4 heteroatoms. The van der Waals surface area contributed by atoms with Crippen molar-refractivity contribution in [2.75, 3.05) is 0 Å². The third-order valence-electron chi connectivity index (χ3n) is 11.9. The fourth-order valence-electron chi connectivity index (χ4n) is 9.42. The van der Waals surface area contributed by atoms with Crippen LogP contribution in [-0.2, 0) is 5.41 Å². The van der Waals surface area contributed by atoms with Crippen LogP contribution in [0.2, 0.25) is 0 Å². The van der Waals surface area contributed by atoms with Gasteiger partial charge >= 0.3 is 0 Å². The minimum atomic E-state index is -0.0802. The summed E-state index contributed by atoms with van der Waals surface area (Å²) in [6.45, 7) is 4.72. The van der Waals surface area contributed by atoms with Crippen LogP contribution in [0.15, 0.2) is 164 Å². The monoisotopic (exact) mass is 707 g/mol. The zero-order chi connectivity index (χ0) is 35.7. The highest BCUT2D eigenvalue weighted by Gasteiger charge is 2.36. The number of rotatable bonds is 3. The summed E-state index contributed by atoms with van der Waals surface area (Å²) in [6, 6.07) is 60.0. The van der Waals surface area contributed by atoms with Crippen molar-refractivity contribution in [3.05, 3.63) is 175 Å². The van der Waals surface area contributed by atoms with Gasteiger partial charge in [-0.3, -0.25) is 4.57 Å². The number of fused-ring (bicyclic) bond motifs is 13. The topological polar surface area (TPSA) is 22.8 Å². The number of pyridine rings is 1. The van der Waals surface area contributed by atoms with E-state index in [1.54, 1.807) is 0 Å². The summed E-state index contributed by atoms with van der Waals surface area (Å²) < 4.78 is 7.43. The molecule has 3 nitrogen and oxygen atoms in total.